The van der Waals surface area contributed by atoms with Crippen molar-refractivity contribution in [2.24, 2.45) is 0 Å². The van der Waals surface area contributed by atoms with E-state index in [1.807, 2.05) is 42.6 Å². The highest BCUT2D eigenvalue weighted by Crippen LogP contribution is 2.49. The number of nitrogens with one attached hydrogen (secondary N) is 5. The second-order valence-corrected chi connectivity index (χ2v) is 17.0. The predicted octanol–water partition coefficient (Wildman–Crippen LogP) is 13.0. The number of ether oxygens (including phenoxy) is 5. The molecule has 16 nitrogen and oxygen atoms in total. The molecular weight excluding hydrogens is 977 g/mol. The summed E-state index contributed by atoms with van der Waals surface area (Å²) in [5.41, 5.74) is 3.36. The smallest absolute Gasteiger partial charge is 0.443 e. The van der Waals surface area contributed by atoms with Gasteiger partial charge in [0, 0.05) is 81.7 Å². The van der Waals surface area contributed by atoms with Crippen LogP contribution in [0.15, 0.2) is 122 Å². The van der Waals surface area contributed by atoms with Crippen LogP contribution in [0.25, 0.3) is 21.8 Å². The highest BCUT2D eigenvalue weighted by Gasteiger charge is 2.67. The lowest BCUT2D eigenvalue weighted by atomic mass is 10.2. The zero-order chi connectivity index (χ0) is 52.1. The number of rotatable bonds is 8. The standard InChI is InChI=1S/C27H21F4N5O4.C22H13F4N5O2/c1-25(2,3)40-24(37)36-9-8-15-4-5-16(11-20(15)36)34-23-13-18(10-19(14-32)35-23)33-17-6-7-21-22(12-17)39-27(30,31)26(28,29)38-21;23-21(24)22(25,26)33-19-9-14(3-4-18(19)32-21)29-15-7-16(11-27)31-20(10-15)30-13-2-1-12-5-6-28-17(12)8-13/h4-13H,1-3H3,(H2,33,34,35);1-10,28H,(H2,29,30,31). The monoisotopic (exact) mass is 1010 g/mol. The van der Waals surface area contributed by atoms with E-state index in [-0.39, 0.29) is 28.6 Å². The molecule has 0 saturated heterocycles. The maximum atomic E-state index is 13.6. The summed E-state index contributed by atoms with van der Waals surface area (Å²) in [6.07, 6.45) is -16.4. The van der Waals surface area contributed by atoms with Gasteiger partial charge in [-0.2, -0.15) is 45.6 Å². The van der Waals surface area contributed by atoms with E-state index in [0.29, 0.717) is 28.4 Å². The molecule has 5 N–H and O–H groups in total. The molecule has 73 heavy (non-hydrogen) atoms. The first-order valence-corrected chi connectivity index (χ1v) is 21.3. The number of anilines is 8. The molecule has 10 rings (SSSR count). The number of hydrogen-bond acceptors (Lipinski definition) is 14. The van der Waals surface area contributed by atoms with Crippen molar-refractivity contribution in [3.63, 3.8) is 0 Å². The quantitative estimate of drug-likeness (QED) is 0.0899. The van der Waals surface area contributed by atoms with Crippen molar-refractivity contribution >= 4 is 73.7 Å². The lowest BCUT2D eigenvalue weighted by Gasteiger charge is -2.32. The third kappa shape index (κ3) is 10.4. The van der Waals surface area contributed by atoms with Crippen molar-refractivity contribution < 1.29 is 63.6 Å². The van der Waals surface area contributed by atoms with Crippen LogP contribution in [0.3, 0.4) is 0 Å². The van der Waals surface area contributed by atoms with Crippen molar-refractivity contribution in [1.82, 2.24) is 19.5 Å². The Morgan fingerprint density at radius 2 is 1.01 bits per heavy atom. The third-order valence-electron chi connectivity index (χ3n) is 10.4. The summed E-state index contributed by atoms with van der Waals surface area (Å²) in [5.74, 6) is -1.61. The Hall–Kier alpha value is -9.45. The first-order valence-electron chi connectivity index (χ1n) is 21.3. The van der Waals surface area contributed by atoms with Crippen LogP contribution < -0.4 is 40.2 Å². The summed E-state index contributed by atoms with van der Waals surface area (Å²) < 4.78 is 131. The number of alkyl halides is 8. The second-order valence-electron chi connectivity index (χ2n) is 17.0. The molecule has 0 spiro atoms. The third-order valence-corrected chi connectivity index (χ3v) is 10.4. The van der Waals surface area contributed by atoms with Gasteiger partial charge in [0.05, 0.1) is 5.52 Å². The maximum absolute atomic E-state index is 13.6. The van der Waals surface area contributed by atoms with Crippen LogP contribution in [0.4, 0.5) is 85.7 Å². The van der Waals surface area contributed by atoms with Gasteiger partial charge in [-0.05, 0) is 99.0 Å². The molecule has 0 saturated carbocycles. The topological polar surface area (TPSA) is 205 Å². The van der Waals surface area contributed by atoms with Crippen molar-refractivity contribution in [1.29, 1.82) is 10.5 Å². The van der Waals surface area contributed by atoms with Crippen LogP contribution in [-0.2, 0) is 4.74 Å². The average molecular weight is 1010 g/mol. The Morgan fingerprint density at radius 3 is 1.51 bits per heavy atom. The van der Waals surface area contributed by atoms with Gasteiger partial charge >= 0.3 is 30.5 Å². The van der Waals surface area contributed by atoms with Crippen LogP contribution in [0.5, 0.6) is 23.0 Å². The number of halogens is 8. The molecule has 4 aromatic carbocycles. The minimum atomic E-state index is -4.86. The molecule has 2 aliphatic heterocycles. The van der Waals surface area contributed by atoms with Gasteiger partial charge in [0.1, 0.15) is 40.8 Å². The van der Waals surface area contributed by atoms with Gasteiger partial charge in [0.25, 0.3) is 0 Å². The maximum Gasteiger partial charge on any atom is 0.507 e. The fourth-order valence-electron chi connectivity index (χ4n) is 7.17. The Kier molecular flexibility index (Phi) is 12.0. The van der Waals surface area contributed by atoms with Gasteiger partial charge in [-0.1, -0.05) is 12.1 Å². The Morgan fingerprint density at radius 1 is 0.562 bits per heavy atom. The Labute approximate surface area is 406 Å². The summed E-state index contributed by atoms with van der Waals surface area (Å²) in [7, 11) is 0. The molecule has 4 aromatic heterocycles. The van der Waals surface area contributed by atoms with E-state index in [1.165, 1.54) is 34.9 Å². The fraction of sp³-hybridized carbons (Fsp3) is 0.163. The highest BCUT2D eigenvalue weighted by molar-refractivity contribution is 5.92. The number of pyridine rings is 2. The van der Waals surface area contributed by atoms with E-state index in [0.717, 1.165) is 46.2 Å². The summed E-state index contributed by atoms with van der Waals surface area (Å²) >= 11 is 0. The van der Waals surface area contributed by atoms with Gasteiger partial charge < -0.3 is 49.9 Å². The van der Waals surface area contributed by atoms with E-state index in [9.17, 15) is 50.4 Å². The van der Waals surface area contributed by atoms with Crippen LogP contribution in [0, 0.1) is 22.7 Å². The second kappa shape index (κ2) is 18.1. The summed E-state index contributed by atoms with van der Waals surface area (Å²) in [4.78, 5) is 24.2. The van der Waals surface area contributed by atoms with Crippen LogP contribution in [0.2, 0.25) is 0 Å². The van der Waals surface area contributed by atoms with E-state index < -0.39 is 59.1 Å². The van der Waals surface area contributed by atoms with Gasteiger partial charge in [-0.25, -0.2) is 14.8 Å². The molecule has 0 fully saturated rings. The molecular formula is C49H34F8N10O6. The molecule has 0 unspecified atom stereocenters. The molecule has 2 aliphatic rings. The molecule has 8 aromatic rings. The summed E-state index contributed by atoms with van der Waals surface area (Å²) in [5, 5.41) is 32.6. The normalized spacial score (nSPS) is 15.4. The number of hydrogen-bond donors (Lipinski definition) is 5. The Balaban J connectivity index is 0.000000183. The van der Waals surface area contributed by atoms with Gasteiger partial charge in [-0.3, -0.25) is 4.57 Å². The predicted molar refractivity (Wildman–Crippen MR) is 248 cm³/mol. The molecule has 0 atom stereocenters. The molecule has 6 heterocycles. The Bertz CT molecular complexity index is 3550. The first kappa shape index (κ1) is 48.6. The van der Waals surface area contributed by atoms with E-state index in [1.54, 1.807) is 57.3 Å². The van der Waals surface area contributed by atoms with Gasteiger partial charge in [0.2, 0.25) is 0 Å². The highest BCUT2D eigenvalue weighted by atomic mass is 19.3. The molecule has 372 valence electrons. The molecule has 0 radical (unpaired) electrons. The lowest BCUT2D eigenvalue weighted by molar-refractivity contribution is -0.391. The zero-order valence-electron chi connectivity index (χ0n) is 37.8. The molecule has 0 amide bonds. The fourth-order valence-corrected chi connectivity index (χ4v) is 7.17. The number of nitriles is 2. The van der Waals surface area contributed by atoms with Crippen molar-refractivity contribution in [2.75, 3.05) is 21.3 Å². The minimum Gasteiger partial charge on any atom is -0.443 e. The molecule has 24 heteroatoms. The molecule has 0 aliphatic carbocycles. The van der Waals surface area contributed by atoms with E-state index in [4.69, 9.17) is 4.74 Å². The number of aromatic amines is 1. The van der Waals surface area contributed by atoms with E-state index in [2.05, 4.69) is 55.2 Å². The van der Waals surface area contributed by atoms with Crippen LogP contribution in [0.1, 0.15) is 32.2 Å². The minimum absolute atomic E-state index is 0.0226. The van der Waals surface area contributed by atoms with Crippen molar-refractivity contribution in [2.45, 2.75) is 50.8 Å². The van der Waals surface area contributed by atoms with Crippen LogP contribution >= 0.6 is 0 Å². The van der Waals surface area contributed by atoms with Crippen molar-refractivity contribution in [3.8, 4) is 35.1 Å². The first-order chi connectivity index (χ1) is 34.4. The number of benzene rings is 4. The van der Waals surface area contributed by atoms with E-state index >= 15 is 0 Å². The van der Waals surface area contributed by atoms with Gasteiger partial charge in [0.15, 0.2) is 23.0 Å². The van der Waals surface area contributed by atoms with Crippen molar-refractivity contribution in [3.05, 3.63) is 133 Å². The summed E-state index contributed by atoms with van der Waals surface area (Å²) in [6.45, 7) is 5.30. The number of aromatic nitrogens is 4. The number of carbonyl (C=O) groups is 1. The summed E-state index contributed by atoms with van der Waals surface area (Å²) in [6, 6.07) is 31.4. The SMILES string of the molecule is CC(C)(C)OC(=O)n1ccc2ccc(Nc3cc(Nc4ccc5c(c4)OC(F)(F)C(F)(F)O5)cc(C#N)n3)cc21.N#Cc1cc(Nc2ccc3c(c2)OC(F)(F)C(F)(F)O3)cc(Nc2ccc3cc[nH]c3c2)n1. The number of nitrogens with zero attached hydrogens (tertiary/aromatic N) is 5. The number of carbonyl (C=O) groups excluding carboxylic acids is 1. The molecule has 0 bridgehead atoms. The zero-order valence-corrected chi connectivity index (χ0v) is 37.8. The number of fused-ring (bicyclic) bond motifs is 4. The largest absolute Gasteiger partial charge is 0.507 e. The number of H-pyrrole nitrogens is 1. The van der Waals surface area contributed by atoms with Crippen LogP contribution in [-0.4, -0.2) is 55.6 Å². The average Bonchev–Trinajstić information content (AvgIpc) is 3.96. The lowest BCUT2D eigenvalue weighted by Crippen LogP contribution is -2.52. The van der Waals surface area contributed by atoms with Gasteiger partial charge in [-0.15, -0.1) is 0 Å².